The van der Waals surface area contributed by atoms with E-state index in [4.69, 9.17) is 9.84 Å². The van der Waals surface area contributed by atoms with Gasteiger partial charge in [-0.25, -0.2) is 0 Å². The van der Waals surface area contributed by atoms with Gasteiger partial charge in [-0.15, -0.1) is 0 Å². The van der Waals surface area contributed by atoms with E-state index >= 15 is 0 Å². The SMILES string of the molecule is OCCOCCN1CCN(Cc2ccccn2)CC1. The van der Waals surface area contributed by atoms with Crippen LogP contribution in [0.1, 0.15) is 5.69 Å². The van der Waals surface area contributed by atoms with Crippen LogP contribution in [0, 0.1) is 0 Å². The molecule has 0 amide bonds. The molecule has 106 valence electrons. The first-order valence-corrected chi connectivity index (χ1v) is 6.91. The lowest BCUT2D eigenvalue weighted by Crippen LogP contribution is -2.46. The lowest BCUT2D eigenvalue weighted by atomic mass is 10.2. The van der Waals surface area contributed by atoms with E-state index in [9.17, 15) is 0 Å². The molecule has 0 unspecified atom stereocenters. The first-order valence-electron chi connectivity index (χ1n) is 6.91. The van der Waals surface area contributed by atoms with Crippen molar-refractivity contribution in [2.45, 2.75) is 6.54 Å². The lowest BCUT2D eigenvalue weighted by Gasteiger charge is -2.34. The Morgan fingerprint density at radius 1 is 1.11 bits per heavy atom. The van der Waals surface area contributed by atoms with Gasteiger partial charge in [-0.05, 0) is 12.1 Å². The smallest absolute Gasteiger partial charge is 0.0698 e. The quantitative estimate of drug-likeness (QED) is 0.714. The summed E-state index contributed by atoms with van der Waals surface area (Å²) in [7, 11) is 0. The Balaban J connectivity index is 1.62. The summed E-state index contributed by atoms with van der Waals surface area (Å²) in [6, 6.07) is 6.07. The largest absolute Gasteiger partial charge is 0.394 e. The zero-order valence-corrected chi connectivity index (χ0v) is 11.4. The van der Waals surface area contributed by atoms with E-state index in [1.807, 2.05) is 18.3 Å². The van der Waals surface area contributed by atoms with Gasteiger partial charge >= 0.3 is 0 Å². The van der Waals surface area contributed by atoms with Crippen molar-refractivity contribution in [2.75, 3.05) is 52.5 Å². The Labute approximate surface area is 114 Å². The molecule has 1 aliphatic rings. The summed E-state index contributed by atoms with van der Waals surface area (Å²) >= 11 is 0. The first-order chi connectivity index (χ1) is 9.38. The molecular weight excluding hydrogens is 242 g/mol. The van der Waals surface area contributed by atoms with Crippen LogP contribution >= 0.6 is 0 Å². The van der Waals surface area contributed by atoms with Gasteiger partial charge in [0, 0.05) is 45.5 Å². The fraction of sp³-hybridized carbons (Fsp3) is 0.643. The summed E-state index contributed by atoms with van der Waals surface area (Å²) in [5, 5.41) is 8.63. The predicted octanol–water partition coefficient (Wildman–Crippen LogP) is 0.208. The monoisotopic (exact) mass is 265 g/mol. The number of hydrogen-bond donors (Lipinski definition) is 1. The number of ether oxygens (including phenoxy) is 1. The van der Waals surface area contributed by atoms with Crippen molar-refractivity contribution in [1.82, 2.24) is 14.8 Å². The summed E-state index contributed by atoms with van der Waals surface area (Å²) in [6.45, 7) is 7.48. The minimum atomic E-state index is 0.109. The van der Waals surface area contributed by atoms with Gasteiger partial charge in [0.2, 0.25) is 0 Å². The number of aliphatic hydroxyl groups is 1. The van der Waals surface area contributed by atoms with Crippen molar-refractivity contribution in [2.24, 2.45) is 0 Å². The summed E-state index contributed by atoms with van der Waals surface area (Å²) in [5.41, 5.74) is 1.14. The van der Waals surface area contributed by atoms with Crippen LogP contribution in [-0.2, 0) is 11.3 Å². The molecule has 0 aliphatic carbocycles. The molecule has 0 atom stereocenters. The molecule has 1 fully saturated rings. The van der Waals surface area contributed by atoms with Gasteiger partial charge in [-0.2, -0.15) is 0 Å². The maximum absolute atomic E-state index is 8.63. The molecule has 0 aromatic carbocycles. The highest BCUT2D eigenvalue weighted by molar-refractivity contribution is 5.03. The molecule has 0 saturated carbocycles. The normalized spacial score (nSPS) is 17.7. The molecule has 0 bridgehead atoms. The van der Waals surface area contributed by atoms with Crippen LogP contribution in [0.5, 0.6) is 0 Å². The van der Waals surface area contributed by atoms with Crippen LogP contribution in [0.4, 0.5) is 0 Å². The van der Waals surface area contributed by atoms with Crippen molar-refractivity contribution in [1.29, 1.82) is 0 Å². The van der Waals surface area contributed by atoms with Crippen LogP contribution in [0.3, 0.4) is 0 Å². The number of piperazine rings is 1. The van der Waals surface area contributed by atoms with Gasteiger partial charge in [0.1, 0.15) is 0 Å². The molecule has 2 rings (SSSR count). The van der Waals surface area contributed by atoms with Crippen molar-refractivity contribution >= 4 is 0 Å². The fourth-order valence-electron chi connectivity index (χ4n) is 2.25. The summed E-state index contributed by atoms with van der Waals surface area (Å²) in [6.07, 6.45) is 1.85. The Morgan fingerprint density at radius 2 is 1.89 bits per heavy atom. The summed E-state index contributed by atoms with van der Waals surface area (Å²) in [4.78, 5) is 9.21. The number of hydrogen-bond acceptors (Lipinski definition) is 5. The predicted molar refractivity (Wildman–Crippen MR) is 73.9 cm³/mol. The molecule has 1 aromatic rings. The third-order valence-electron chi connectivity index (χ3n) is 3.36. The van der Waals surface area contributed by atoms with E-state index in [1.165, 1.54) is 0 Å². The highest BCUT2D eigenvalue weighted by Crippen LogP contribution is 2.06. The van der Waals surface area contributed by atoms with Gasteiger partial charge in [-0.3, -0.25) is 14.8 Å². The molecule has 5 nitrogen and oxygen atoms in total. The minimum Gasteiger partial charge on any atom is -0.394 e. The van der Waals surface area contributed by atoms with Crippen molar-refractivity contribution < 1.29 is 9.84 Å². The van der Waals surface area contributed by atoms with Crippen LogP contribution < -0.4 is 0 Å². The van der Waals surface area contributed by atoms with Crippen LogP contribution in [0.25, 0.3) is 0 Å². The maximum atomic E-state index is 8.63. The van der Waals surface area contributed by atoms with Gasteiger partial charge < -0.3 is 9.84 Å². The average molecular weight is 265 g/mol. The zero-order valence-electron chi connectivity index (χ0n) is 11.4. The van der Waals surface area contributed by atoms with E-state index in [0.29, 0.717) is 13.2 Å². The summed E-state index contributed by atoms with van der Waals surface area (Å²) in [5.74, 6) is 0. The van der Waals surface area contributed by atoms with E-state index in [-0.39, 0.29) is 6.61 Å². The topological polar surface area (TPSA) is 48.8 Å². The second-order valence-electron chi connectivity index (χ2n) is 4.77. The van der Waals surface area contributed by atoms with E-state index in [0.717, 1.165) is 45.0 Å². The zero-order chi connectivity index (χ0) is 13.3. The second kappa shape index (κ2) is 8.22. The number of aliphatic hydroxyl groups excluding tert-OH is 1. The van der Waals surface area contributed by atoms with Gasteiger partial charge in [0.15, 0.2) is 0 Å². The molecule has 1 saturated heterocycles. The standard InChI is InChI=1S/C14H23N3O2/c18-10-12-19-11-9-16-5-7-17(8-6-16)13-14-3-1-2-4-15-14/h1-4,18H,5-13H2. The minimum absolute atomic E-state index is 0.109. The molecular formula is C14H23N3O2. The molecule has 19 heavy (non-hydrogen) atoms. The van der Waals surface area contributed by atoms with E-state index in [1.54, 1.807) is 0 Å². The van der Waals surface area contributed by atoms with Crippen LogP contribution in [-0.4, -0.2) is 72.4 Å². The average Bonchev–Trinajstić information content (AvgIpc) is 2.46. The Kier molecular flexibility index (Phi) is 6.23. The molecule has 1 aliphatic heterocycles. The highest BCUT2D eigenvalue weighted by Gasteiger charge is 2.16. The van der Waals surface area contributed by atoms with E-state index < -0.39 is 0 Å². The molecule has 0 radical (unpaired) electrons. The number of pyridine rings is 1. The molecule has 1 N–H and O–H groups in total. The second-order valence-corrected chi connectivity index (χ2v) is 4.77. The lowest BCUT2D eigenvalue weighted by molar-refractivity contribution is 0.0562. The third-order valence-corrected chi connectivity index (χ3v) is 3.36. The Hall–Kier alpha value is -1.01. The summed E-state index contributed by atoms with van der Waals surface area (Å²) < 4.78 is 5.29. The molecule has 1 aromatic heterocycles. The molecule has 5 heteroatoms. The van der Waals surface area contributed by atoms with Crippen molar-refractivity contribution in [3.8, 4) is 0 Å². The first kappa shape index (κ1) is 14.4. The number of aromatic nitrogens is 1. The van der Waals surface area contributed by atoms with Crippen molar-refractivity contribution in [3.05, 3.63) is 30.1 Å². The van der Waals surface area contributed by atoms with Gasteiger partial charge in [0.25, 0.3) is 0 Å². The van der Waals surface area contributed by atoms with Crippen LogP contribution in [0.15, 0.2) is 24.4 Å². The Bertz CT molecular complexity index is 340. The van der Waals surface area contributed by atoms with Crippen LogP contribution in [0.2, 0.25) is 0 Å². The van der Waals surface area contributed by atoms with Gasteiger partial charge in [0.05, 0.1) is 25.5 Å². The maximum Gasteiger partial charge on any atom is 0.0698 e. The van der Waals surface area contributed by atoms with E-state index in [2.05, 4.69) is 20.9 Å². The van der Waals surface area contributed by atoms with Gasteiger partial charge in [-0.1, -0.05) is 6.07 Å². The molecule has 0 spiro atoms. The van der Waals surface area contributed by atoms with Crippen molar-refractivity contribution in [3.63, 3.8) is 0 Å². The molecule has 2 heterocycles. The number of nitrogens with zero attached hydrogens (tertiary/aromatic N) is 3. The third kappa shape index (κ3) is 5.24. The Morgan fingerprint density at radius 3 is 2.58 bits per heavy atom. The fourth-order valence-corrected chi connectivity index (χ4v) is 2.25. The highest BCUT2D eigenvalue weighted by atomic mass is 16.5. The number of rotatable bonds is 7.